The molecule has 6 nitrogen and oxygen atoms in total. The number of urea groups is 1. The molecule has 1 aliphatic rings. The number of nitrogens with zero attached hydrogens (tertiary/aromatic N) is 1. The number of alkyl halides is 3. The van der Waals surface area contributed by atoms with Gasteiger partial charge in [0.25, 0.3) is 17.5 Å². The summed E-state index contributed by atoms with van der Waals surface area (Å²) in [6.45, 7) is 1.58. The fourth-order valence-corrected chi connectivity index (χ4v) is 2.55. The Hall–Kier alpha value is -2.29. The predicted octanol–water partition coefficient (Wildman–Crippen LogP) is 2.68. The van der Waals surface area contributed by atoms with Crippen LogP contribution in [0.2, 0.25) is 5.02 Å². The van der Waals surface area contributed by atoms with Gasteiger partial charge in [-0.3, -0.25) is 19.8 Å². The number of carbonyl (C=O) groups excluding carboxylic acids is 3. The van der Waals surface area contributed by atoms with Gasteiger partial charge in [0.15, 0.2) is 0 Å². The van der Waals surface area contributed by atoms with Crippen LogP contribution in [0, 0.1) is 0 Å². The molecule has 1 unspecified atom stereocenters. The van der Waals surface area contributed by atoms with Gasteiger partial charge in [-0.25, -0.2) is 4.79 Å². The van der Waals surface area contributed by atoms with Gasteiger partial charge in [0, 0.05) is 6.54 Å². The third kappa shape index (κ3) is 3.41. The van der Waals surface area contributed by atoms with E-state index in [2.05, 4.69) is 0 Å². The molecule has 4 amide bonds. The molecule has 10 heteroatoms. The van der Waals surface area contributed by atoms with Crippen LogP contribution in [0.25, 0.3) is 0 Å². The minimum Gasteiger partial charge on any atom is -0.314 e. The fraction of sp³-hybridized carbons (Fsp3) is 0.400. The molecule has 1 fully saturated rings. The maximum atomic E-state index is 13.6. The summed E-state index contributed by atoms with van der Waals surface area (Å²) in [5, 5.41) is 3.09. The van der Waals surface area contributed by atoms with Crippen LogP contribution < -0.4 is 10.6 Å². The van der Waals surface area contributed by atoms with Crippen molar-refractivity contribution < 1.29 is 27.6 Å². The van der Waals surface area contributed by atoms with Crippen LogP contribution in [0.1, 0.15) is 30.1 Å². The summed E-state index contributed by atoms with van der Waals surface area (Å²) in [5.74, 6) is -2.80. The van der Waals surface area contributed by atoms with Crippen LogP contribution in [0.3, 0.4) is 0 Å². The summed E-state index contributed by atoms with van der Waals surface area (Å²) in [5.41, 5.74) is -3.77. The summed E-state index contributed by atoms with van der Waals surface area (Å²) in [6.07, 6.45) is -4.33. The van der Waals surface area contributed by atoms with Crippen molar-refractivity contribution >= 4 is 29.4 Å². The summed E-state index contributed by atoms with van der Waals surface area (Å²) in [7, 11) is 0. The van der Waals surface area contributed by atoms with Gasteiger partial charge in [-0.05, 0) is 18.6 Å². The number of hydrogen-bond donors (Lipinski definition) is 2. The minimum absolute atomic E-state index is 0.0862. The largest absolute Gasteiger partial charge is 0.440 e. The highest BCUT2D eigenvalue weighted by Crippen LogP contribution is 2.34. The number of halogens is 4. The normalized spacial score (nSPS) is 20.6. The number of hydrogen-bond acceptors (Lipinski definition) is 3. The fourth-order valence-electron chi connectivity index (χ4n) is 2.33. The Labute approximate surface area is 146 Å². The second-order valence-electron chi connectivity index (χ2n) is 5.42. The number of benzene rings is 1. The standard InChI is InChI=1S/C15H15ClF3N3O3/c1-2-3-8-22-12(24)14(15(17,18)19,21-13(22)25)20-11(23)9-6-4-5-7-10(9)16/h4-7H,2-3,8H2,1H3,(H,20,23)(H,21,25). The lowest BCUT2D eigenvalue weighted by atomic mass is 10.1. The average Bonchev–Trinajstić information content (AvgIpc) is 2.77. The van der Waals surface area contributed by atoms with Crippen molar-refractivity contribution in [2.24, 2.45) is 0 Å². The van der Waals surface area contributed by atoms with E-state index < -0.39 is 29.7 Å². The van der Waals surface area contributed by atoms with E-state index in [1.54, 1.807) is 17.6 Å². The van der Waals surface area contributed by atoms with Crippen molar-refractivity contribution in [3.8, 4) is 0 Å². The molecule has 1 aromatic rings. The first-order valence-electron chi connectivity index (χ1n) is 7.42. The molecule has 2 N–H and O–H groups in total. The van der Waals surface area contributed by atoms with Crippen molar-refractivity contribution in [1.82, 2.24) is 15.5 Å². The number of carbonyl (C=O) groups is 3. The Morgan fingerprint density at radius 1 is 1.32 bits per heavy atom. The van der Waals surface area contributed by atoms with Crippen molar-refractivity contribution in [2.45, 2.75) is 31.6 Å². The van der Waals surface area contributed by atoms with Crippen LogP contribution >= 0.6 is 11.6 Å². The molecular weight excluding hydrogens is 363 g/mol. The molecule has 136 valence electrons. The van der Waals surface area contributed by atoms with Gasteiger partial charge >= 0.3 is 12.2 Å². The quantitative estimate of drug-likeness (QED) is 0.774. The molecule has 0 spiro atoms. The number of imide groups is 1. The molecule has 1 aromatic carbocycles. The van der Waals surface area contributed by atoms with E-state index in [0.29, 0.717) is 17.7 Å². The van der Waals surface area contributed by atoms with Gasteiger partial charge in [-0.2, -0.15) is 13.2 Å². The van der Waals surface area contributed by atoms with Crippen LogP contribution in [0.5, 0.6) is 0 Å². The van der Waals surface area contributed by atoms with Gasteiger partial charge in [0.05, 0.1) is 10.6 Å². The van der Waals surface area contributed by atoms with E-state index in [9.17, 15) is 27.6 Å². The lowest BCUT2D eigenvalue weighted by Gasteiger charge is -2.30. The smallest absolute Gasteiger partial charge is 0.314 e. The summed E-state index contributed by atoms with van der Waals surface area (Å²) < 4.78 is 40.8. The van der Waals surface area contributed by atoms with Gasteiger partial charge in [-0.15, -0.1) is 0 Å². The number of amides is 4. The maximum absolute atomic E-state index is 13.6. The van der Waals surface area contributed by atoms with Crippen LogP contribution in [0.4, 0.5) is 18.0 Å². The monoisotopic (exact) mass is 377 g/mol. The third-order valence-electron chi connectivity index (χ3n) is 3.69. The van der Waals surface area contributed by atoms with Crippen molar-refractivity contribution in [1.29, 1.82) is 0 Å². The van der Waals surface area contributed by atoms with Crippen LogP contribution in [-0.2, 0) is 4.79 Å². The molecular formula is C15H15ClF3N3O3. The van der Waals surface area contributed by atoms with E-state index >= 15 is 0 Å². The molecule has 2 rings (SSSR count). The Morgan fingerprint density at radius 2 is 1.96 bits per heavy atom. The second-order valence-corrected chi connectivity index (χ2v) is 5.83. The summed E-state index contributed by atoms with van der Waals surface area (Å²) >= 11 is 5.80. The average molecular weight is 378 g/mol. The van der Waals surface area contributed by atoms with Gasteiger partial charge in [0.1, 0.15) is 0 Å². The maximum Gasteiger partial charge on any atom is 0.440 e. The van der Waals surface area contributed by atoms with Crippen molar-refractivity contribution in [2.75, 3.05) is 6.54 Å². The van der Waals surface area contributed by atoms with E-state index in [-0.39, 0.29) is 17.1 Å². The van der Waals surface area contributed by atoms with E-state index in [0.717, 1.165) is 0 Å². The molecule has 0 saturated carbocycles. The molecule has 0 aliphatic carbocycles. The molecule has 1 heterocycles. The molecule has 0 bridgehead atoms. The highest BCUT2D eigenvalue weighted by molar-refractivity contribution is 6.34. The van der Waals surface area contributed by atoms with Crippen molar-refractivity contribution in [3.63, 3.8) is 0 Å². The van der Waals surface area contributed by atoms with Gasteiger partial charge < -0.3 is 5.32 Å². The third-order valence-corrected chi connectivity index (χ3v) is 4.02. The van der Waals surface area contributed by atoms with Crippen molar-refractivity contribution in [3.05, 3.63) is 34.9 Å². The Morgan fingerprint density at radius 3 is 2.52 bits per heavy atom. The number of rotatable bonds is 5. The topological polar surface area (TPSA) is 78.5 Å². The van der Waals surface area contributed by atoms with E-state index in [4.69, 9.17) is 11.6 Å². The highest BCUT2D eigenvalue weighted by Gasteiger charge is 2.68. The molecule has 25 heavy (non-hydrogen) atoms. The SMILES string of the molecule is CCCCN1C(=O)NC(NC(=O)c2ccccc2Cl)(C(F)(F)F)C1=O. The van der Waals surface area contributed by atoms with Gasteiger partial charge in [0.2, 0.25) is 0 Å². The zero-order chi connectivity index (χ0) is 18.8. The predicted molar refractivity (Wildman–Crippen MR) is 82.9 cm³/mol. The molecule has 1 saturated heterocycles. The first-order valence-corrected chi connectivity index (χ1v) is 7.79. The van der Waals surface area contributed by atoms with Gasteiger partial charge in [-0.1, -0.05) is 37.1 Å². The molecule has 1 atom stereocenters. The molecule has 0 aromatic heterocycles. The van der Waals surface area contributed by atoms with E-state index in [1.807, 2.05) is 0 Å². The zero-order valence-electron chi connectivity index (χ0n) is 13.1. The number of unbranched alkanes of at least 4 members (excludes halogenated alkanes) is 1. The summed E-state index contributed by atoms with van der Waals surface area (Å²) in [4.78, 5) is 36.8. The number of nitrogens with one attached hydrogen (secondary N) is 2. The zero-order valence-corrected chi connectivity index (χ0v) is 13.9. The van der Waals surface area contributed by atoms with E-state index in [1.165, 1.54) is 24.3 Å². The molecule has 0 radical (unpaired) electrons. The Bertz CT molecular complexity index is 711. The van der Waals surface area contributed by atoms with Crippen LogP contribution in [0.15, 0.2) is 24.3 Å². The van der Waals surface area contributed by atoms with Crippen LogP contribution in [-0.4, -0.2) is 41.1 Å². The molecule has 1 aliphatic heterocycles. The Balaban J connectivity index is 2.37. The Kier molecular flexibility index (Phi) is 5.26. The highest BCUT2D eigenvalue weighted by atomic mass is 35.5. The first kappa shape index (κ1) is 19.0. The second kappa shape index (κ2) is 6.91. The lowest BCUT2D eigenvalue weighted by molar-refractivity contribution is -0.200. The summed E-state index contributed by atoms with van der Waals surface area (Å²) in [6, 6.07) is 4.21. The lowest BCUT2D eigenvalue weighted by Crippen LogP contribution is -2.69. The minimum atomic E-state index is -5.24. The first-order chi connectivity index (χ1) is 11.6.